The Balaban J connectivity index is 1.73. The third kappa shape index (κ3) is 2.96. The van der Waals surface area contributed by atoms with Gasteiger partial charge in [-0.25, -0.2) is 9.29 Å². The molecule has 2 heterocycles. The van der Waals surface area contributed by atoms with Gasteiger partial charge in [-0.2, -0.15) is 0 Å². The number of nitrogens with two attached hydrogens (primary N) is 1. The van der Waals surface area contributed by atoms with Crippen molar-refractivity contribution in [1.82, 2.24) is 4.90 Å². The van der Waals surface area contributed by atoms with Crippen LogP contribution in [-0.4, -0.2) is 41.8 Å². The van der Waals surface area contributed by atoms with Crippen molar-refractivity contribution in [2.45, 2.75) is 25.3 Å². The number of rotatable bonds is 3. The zero-order chi connectivity index (χ0) is 16.6. The average Bonchev–Trinajstić information content (AvgIpc) is 2.82. The minimum absolute atomic E-state index is 0.0799. The molecule has 0 unspecified atom stereocenters. The van der Waals surface area contributed by atoms with Crippen LogP contribution in [0.1, 0.15) is 19.3 Å². The summed E-state index contributed by atoms with van der Waals surface area (Å²) in [6, 6.07) is 4.91. The summed E-state index contributed by atoms with van der Waals surface area (Å²) >= 11 is 0. The number of hydrogen-bond acceptors (Lipinski definition) is 4. The minimum Gasteiger partial charge on any atom is -0.369 e. The lowest BCUT2D eigenvalue weighted by Gasteiger charge is -2.33. The van der Waals surface area contributed by atoms with Gasteiger partial charge in [-0.1, -0.05) is 6.07 Å². The molecule has 2 N–H and O–H groups in total. The van der Waals surface area contributed by atoms with Crippen LogP contribution >= 0.6 is 0 Å². The monoisotopic (exact) mass is 319 g/mol. The van der Waals surface area contributed by atoms with E-state index < -0.39 is 11.9 Å². The van der Waals surface area contributed by atoms with E-state index in [0.717, 1.165) is 4.90 Å². The van der Waals surface area contributed by atoms with Gasteiger partial charge in [0.1, 0.15) is 5.82 Å². The summed E-state index contributed by atoms with van der Waals surface area (Å²) in [4.78, 5) is 39.0. The highest BCUT2D eigenvalue weighted by molar-refractivity contribution is 6.22. The number of hydrogen-bond donors (Lipinski definition) is 1. The van der Waals surface area contributed by atoms with Crippen molar-refractivity contribution in [3.05, 3.63) is 30.1 Å². The van der Waals surface area contributed by atoms with Crippen molar-refractivity contribution in [2.24, 2.45) is 11.7 Å². The number of halogens is 1. The molecule has 0 bridgehead atoms. The first-order chi connectivity index (χ1) is 11.0. The molecule has 23 heavy (non-hydrogen) atoms. The second kappa shape index (κ2) is 6.08. The Labute approximate surface area is 133 Å². The number of benzene rings is 1. The molecule has 3 amide bonds. The Morgan fingerprint density at radius 2 is 1.91 bits per heavy atom. The van der Waals surface area contributed by atoms with Gasteiger partial charge in [-0.3, -0.25) is 19.3 Å². The molecule has 0 radical (unpaired) electrons. The number of primary amides is 1. The quantitative estimate of drug-likeness (QED) is 0.829. The van der Waals surface area contributed by atoms with Gasteiger partial charge in [0, 0.05) is 5.92 Å². The number of amides is 3. The molecule has 3 rings (SSSR count). The summed E-state index contributed by atoms with van der Waals surface area (Å²) in [6.45, 7) is 1.10. The van der Waals surface area contributed by atoms with E-state index in [9.17, 15) is 18.8 Å². The van der Waals surface area contributed by atoms with Crippen LogP contribution in [0.5, 0.6) is 0 Å². The van der Waals surface area contributed by atoms with E-state index in [4.69, 9.17) is 5.73 Å². The highest BCUT2D eigenvalue weighted by Gasteiger charge is 2.43. The number of imide groups is 1. The molecule has 7 heteroatoms. The lowest BCUT2D eigenvalue weighted by molar-refractivity contribution is -0.124. The molecular weight excluding hydrogens is 301 g/mol. The van der Waals surface area contributed by atoms with Crippen molar-refractivity contribution < 1.29 is 18.8 Å². The Bertz CT molecular complexity index is 656. The third-order valence-electron chi connectivity index (χ3n) is 4.56. The van der Waals surface area contributed by atoms with Crippen LogP contribution in [-0.2, 0) is 14.4 Å². The summed E-state index contributed by atoms with van der Waals surface area (Å²) in [5.41, 5.74) is 5.56. The molecule has 0 aromatic heterocycles. The maximum absolute atomic E-state index is 13.3. The summed E-state index contributed by atoms with van der Waals surface area (Å²) in [6.07, 6.45) is 1.26. The standard InChI is InChI=1S/C16H18FN3O3/c17-11-2-1-3-12(8-11)20-14(21)9-13(16(20)23)19-6-4-10(5-7-19)15(18)22/h1-3,8,10,13H,4-7,9H2,(H2,18,22)/t13-/m1/s1. The molecule has 2 aliphatic rings. The fraction of sp³-hybridized carbons (Fsp3) is 0.438. The lowest BCUT2D eigenvalue weighted by atomic mass is 9.95. The van der Waals surface area contributed by atoms with Crippen LogP contribution in [0, 0.1) is 11.7 Å². The first kappa shape index (κ1) is 15.6. The first-order valence-electron chi connectivity index (χ1n) is 7.63. The van der Waals surface area contributed by atoms with Crippen molar-refractivity contribution in [2.75, 3.05) is 18.0 Å². The SMILES string of the molecule is NC(=O)C1CCN([C@@H]2CC(=O)N(c3cccc(F)c3)C2=O)CC1. The summed E-state index contributed by atoms with van der Waals surface area (Å²) in [7, 11) is 0. The van der Waals surface area contributed by atoms with E-state index in [1.54, 1.807) is 6.07 Å². The highest BCUT2D eigenvalue weighted by Crippen LogP contribution is 2.28. The Kier molecular flexibility index (Phi) is 4.12. The van der Waals surface area contributed by atoms with E-state index in [1.165, 1.54) is 18.2 Å². The predicted octanol–water partition coefficient (Wildman–Crippen LogP) is 0.655. The minimum atomic E-state index is -0.542. The second-order valence-corrected chi connectivity index (χ2v) is 5.98. The molecule has 2 saturated heterocycles. The van der Waals surface area contributed by atoms with Crippen LogP contribution in [0.25, 0.3) is 0 Å². The number of likely N-dealkylation sites (tertiary alicyclic amines) is 1. The van der Waals surface area contributed by atoms with Crippen LogP contribution in [0.15, 0.2) is 24.3 Å². The number of nitrogens with zero attached hydrogens (tertiary/aromatic N) is 2. The van der Waals surface area contributed by atoms with Gasteiger partial charge in [0.15, 0.2) is 0 Å². The van der Waals surface area contributed by atoms with Crippen LogP contribution in [0.3, 0.4) is 0 Å². The van der Waals surface area contributed by atoms with Crippen LogP contribution in [0.2, 0.25) is 0 Å². The first-order valence-corrected chi connectivity index (χ1v) is 7.63. The van der Waals surface area contributed by atoms with Gasteiger partial charge in [0.2, 0.25) is 11.8 Å². The van der Waals surface area contributed by atoms with Crippen molar-refractivity contribution in [3.63, 3.8) is 0 Å². The largest absolute Gasteiger partial charge is 0.369 e. The molecule has 2 fully saturated rings. The van der Waals surface area contributed by atoms with Crippen molar-refractivity contribution in [3.8, 4) is 0 Å². The van der Waals surface area contributed by atoms with Gasteiger partial charge in [0.05, 0.1) is 18.2 Å². The fourth-order valence-corrected chi connectivity index (χ4v) is 3.28. The highest BCUT2D eigenvalue weighted by atomic mass is 19.1. The van der Waals surface area contributed by atoms with E-state index >= 15 is 0 Å². The van der Waals surface area contributed by atoms with Gasteiger partial charge < -0.3 is 5.73 Å². The maximum Gasteiger partial charge on any atom is 0.251 e. The molecule has 0 spiro atoms. The molecule has 1 aromatic carbocycles. The molecule has 0 aliphatic carbocycles. The number of carbonyl (C=O) groups is 3. The molecule has 0 saturated carbocycles. The topological polar surface area (TPSA) is 83.7 Å². The van der Waals surface area contributed by atoms with Gasteiger partial charge in [-0.05, 0) is 44.1 Å². The second-order valence-electron chi connectivity index (χ2n) is 5.98. The van der Waals surface area contributed by atoms with E-state index in [0.29, 0.717) is 25.9 Å². The number of carbonyl (C=O) groups excluding carboxylic acids is 3. The third-order valence-corrected chi connectivity index (χ3v) is 4.56. The molecule has 122 valence electrons. The van der Waals surface area contributed by atoms with Crippen molar-refractivity contribution in [1.29, 1.82) is 0 Å². The molecule has 2 aliphatic heterocycles. The smallest absolute Gasteiger partial charge is 0.251 e. The molecule has 1 aromatic rings. The van der Waals surface area contributed by atoms with Crippen molar-refractivity contribution >= 4 is 23.4 Å². The summed E-state index contributed by atoms with van der Waals surface area (Å²) in [5.74, 6) is -1.65. The van der Waals surface area contributed by atoms with E-state index in [2.05, 4.69) is 0 Å². The number of piperidine rings is 1. The predicted molar refractivity (Wildman–Crippen MR) is 80.8 cm³/mol. The van der Waals surface area contributed by atoms with E-state index in [-0.39, 0.29) is 35.7 Å². The van der Waals surface area contributed by atoms with Gasteiger partial charge in [0.25, 0.3) is 5.91 Å². The van der Waals surface area contributed by atoms with E-state index in [1.807, 2.05) is 4.90 Å². The Morgan fingerprint density at radius 1 is 1.22 bits per heavy atom. The molecule has 1 atom stereocenters. The maximum atomic E-state index is 13.3. The zero-order valence-corrected chi connectivity index (χ0v) is 12.6. The molecular formula is C16H18FN3O3. The number of anilines is 1. The Hall–Kier alpha value is -2.28. The van der Waals surface area contributed by atoms with Crippen LogP contribution < -0.4 is 10.6 Å². The van der Waals surface area contributed by atoms with Gasteiger partial charge >= 0.3 is 0 Å². The Morgan fingerprint density at radius 3 is 2.52 bits per heavy atom. The lowest BCUT2D eigenvalue weighted by Crippen LogP contribution is -2.47. The summed E-state index contributed by atoms with van der Waals surface area (Å²) < 4.78 is 13.3. The average molecular weight is 319 g/mol. The fourth-order valence-electron chi connectivity index (χ4n) is 3.28. The van der Waals surface area contributed by atoms with Gasteiger partial charge in [-0.15, -0.1) is 0 Å². The normalized spacial score (nSPS) is 23.5. The molecule has 6 nitrogen and oxygen atoms in total. The zero-order valence-electron chi connectivity index (χ0n) is 12.6. The summed E-state index contributed by atoms with van der Waals surface area (Å²) in [5, 5.41) is 0. The van der Waals surface area contributed by atoms with Crippen LogP contribution in [0.4, 0.5) is 10.1 Å².